The SMILES string of the molecule is CCOC(=O)[C@@H]1[C@H]2CCC[C@@]2(C(=O)OC)NN1c1ccc(-c2ccccc2)cc1. The Morgan fingerprint density at radius 3 is 2.45 bits per heavy atom. The van der Waals surface area contributed by atoms with E-state index in [1.807, 2.05) is 42.5 Å². The molecule has 1 aliphatic carbocycles. The van der Waals surface area contributed by atoms with E-state index in [0.29, 0.717) is 13.0 Å². The fraction of sp³-hybridized carbons (Fsp3) is 0.391. The van der Waals surface area contributed by atoms with Gasteiger partial charge in [0, 0.05) is 5.92 Å². The maximum absolute atomic E-state index is 12.9. The van der Waals surface area contributed by atoms with Gasteiger partial charge < -0.3 is 9.47 Å². The highest BCUT2D eigenvalue weighted by Crippen LogP contribution is 2.46. The zero-order valence-corrected chi connectivity index (χ0v) is 16.8. The first kappa shape index (κ1) is 19.5. The van der Waals surface area contributed by atoms with Gasteiger partial charge in [-0.25, -0.2) is 15.0 Å². The lowest BCUT2D eigenvalue weighted by molar-refractivity contribution is -0.150. The third-order valence-corrected chi connectivity index (χ3v) is 6.03. The Labute approximate surface area is 170 Å². The third kappa shape index (κ3) is 3.27. The highest BCUT2D eigenvalue weighted by Gasteiger charge is 2.62. The van der Waals surface area contributed by atoms with E-state index < -0.39 is 11.6 Å². The molecule has 1 saturated carbocycles. The summed E-state index contributed by atoms with van der Waals surface area (Å²) in [6.07, 6.45) is 2.27. The molecule has 0 unspecified atom stereocenters. The summed E-state index contributed by atoms with van der Waals surface area (Å²) >= 11 is 0. The van der Waals surface area contributed by atoms with E-state index >= 15 is 0 Å². The lowest BCUT2D eigenvalue weighted by Crippen LogP contribution is -2.53. The zero-order chi connectivity index (χ0) is 20.4. The molecule has 2 aromatic rings. The van der Waals surface area contributed by atoms with Crippen LogP contribution in [0.25, 0.3) is 11.1 Å². The maximum atomic E-state index is 12.9. The van der Waals surface area contributed by atoms with Crippen LogP contribution in [0.2, 0.25) is 0 Å². The monoisotopic (exact) mass is 394 g/mol. The van der Waals surface area contributed by atoms with Crippen molar-refractivity contribution in [3.8, 4) is 11.1 Å². The molecule has 1 aliphatic heterocycles. The van der Waals surface area contributed by atoms with Gasteiger partial charge in [-0.3, -0.25) is 5.01 Å². The molecule has 2 aromatic carbocycles. The van der Waals surface area contributed by atoms with Crippen molar-refractivity contribution in [1.82, 2.24) is 5.43 Å². The van der Waals surface area contributed by atoms with Gasteiger partial charge >= 0.3 is 11.9 Å². The zero-order valence-electron chi connectivity index (χ0n) is 16.8. The second-order valence-electron chi connectivity index (χ2n) is 7.55. The Hall–Kier alpha value is -2.86. The number of anilines is 1. The van der Waals surface area contributed by atoms with Crippen LogP contribution in [0.5, 0.6) is 0 Å². The summed E-state index contributed by atoms with van der Waals surface area (Å²) in [5.41, 5.74) is 5.49. The summed E-state index contributed by atoms with van der Waals surface area (Å²) in [6, 6.07) is 17.5. The van der Waals surface area contributed by atoms with E-state index in [9.17, 15) is 9.59 Å². The predicted octanol–water partition coefficient (Wildman–Crippen LogP) is 3.32. The molecule has 1 N–H and O–H groups in total. The summed E-state index contributed by atoms with van der Waals surface area (Å²) in [5, 5.41) is 1.80. The Kier molecular flexibility index (Phi) is 5.28. The number of hydrazine groups is 1. The standard InChI is InChI=1S/C23H26N2O4/c1-3-29-21(26)20-19-10-7-15-23(19,22(27)28-2)24-25(20)18-13-11-17(12-14-18)16-8-5-4-6-9-16/h4-6,8-9,11-14,19-20,24H,3,7,10,15H2,1-2H3/t19-,20+,23-/m1/s1. The van der Waals surface area contributed by atoms with Crippen LogP contribution in [0, 0.1) is 5.92 Å². The summed E-state index contributed by atoms with van der Waals surface area (Å²) in [6.45, 7) is 2.09. The summed E-state index contributed by atoms with van der Waals surface area (Å²) in [5.74, 6) is -0.828. The minimum absolute atomic E-state index is 0.192. The average molecular weight is 394 g/mol. The topological polar surface area (TPSA) is 67.9 Å². The molecule has 6 nitrogen and oxygen atoms in total. The van der Waals surface area contributed by atoms with Crippen LogP contribution < -0.4 is 10.4 Å². The van der Waals surface area contributed by atoms with Gasteiger partial charge in [0.15, 0.2) is 0 Å². The van der Waals surface area contributed by atoms with E-state index in [4.69, 9.17) is 9.47 Å². The van der Waals surface area contributed by atoms with Crippen molar-refractivity contribution in [2.24, 2.45) is 5.92 Å². The quantitative estimate of drug-likeness (QED) is 0.785. The summed E-state index contributed by atoms with van der Waals surface area (Å²) < 4.78 is 10.5. The number of hydrogen-bond acceptors (Lipinski definition) is 6. The second-order valence-corrected chi connectivity index (χ2v) is 7.55. The number of hydrogen-bond donors (Lipinski definition) is 1. The molecule has 0 amide bonds. The van der Waals surface area contributed by atoms with Crippen molar-refractivity contribution in [2.45, 2.75) is 37.8 Å². The number of benzene rings is 2. The first-order valence-electron chi connectivity index (χ1n) is 10.1. The molecule has 2 aliphatic rings. The molecule has 4 rings (SSSR count). The third-order valence-electron chi connectivity index (χ3n) is 6.03. The molecule has 1 heterocycles. The van der Waals surface area contributed by atoms with Gasteiger partial charge in [0.1, 0.15) is 11.6 Å². The van der Waals surface area contributed by atoms with Crippen LogP contribution >= 0.6 is 0 Å². The number of ether oxygens (including phenoxy) is 2. The molecule has 2 fully saturated rings. The number of esters is 2. The highest BCUT2D eigenvalue weighted by molar-refractivity contribution is 5.89. The van der Waals surface area contributed by atoms with Gasteiger partial charge in [0.05, 0.1) is 19.4 Å². The highest BCUT2D eigenvalue weighted by atomic mass is 16.5. The van der Waals surface area contributed by atoms with E-state index in [0.717, 1.165) is 29.7 Å². The van der Waals surface area contributed by atoms with Crippen LogP contribution in [0.1, 0.15) is 26.2 Å². The molecule has 0 spiro atoms. The largest absolute Gasteiger partial charge is 0.468 e. The number of nitrogens with zero attached hydrogens (tertiary/aromatic N) is 1. The van der Waals surface area contributed by atoms with Gasteiger partial charge in [-0.15, -0.1) is 0 Å². The fourth-order valence-electron chi connectivity index (χ4n) is 4.71. The number of methoxy groups -OCH3 is 1. The van der Waals surface area contributed by atoms with Gasteiger partial charge in [-0.1, -0.05) is 48.9 Å². The van der Waals surface area contributed by atoms with E-state index in [1.54, 1.807) is 11.9 Å². The van der Waals surface area contributed by atoms with Gasteiger partial charge in [-0.2, -0.15) is 0 Å². The fourth-order valence-corrected chi connectivity index (χ4v) is 4.71. The molecular weight excluding hydrogens is 368 g/mol. The van der Waals surface area contributed by atoms with Crippen molar-refractivity contribution in [3.05, 3.63) is 54.6 Å². The molecule has 6 heteroatoms. The van der Waals surface area contributed by atoms with Crippen molar-refractivity contribution in [3.63, 3.8) is 0 Å². The van der Waals surface area contributed by atoms with E-state index in [-0.39, 0.29) is 17.9 Å². The van der Waals surface area contributed by atoms with Crippen molar-refractivity contribution < 1.29 is 19.1 Å². The average Bonchev–Trinajstić information content (AvgIpc) is 3.31. The van der Waals surface area contributed by atoms with Gasteiger partial charge in [0.25, 0.3) is 0 Å². The molecule has 0 radical (unpaired) electrons. The molecule has 0 bridgehead atoms. The Bertz CT molecular complexity index is 884. The predicted molar refractivity (Wildman–Crippen MR) is 110 cm³/mol. The van der Waals surface area contributed by atoms with Gasteiger partial charge in [-0.05, 0) is 43.0 Å². The van der Waals surface area contributed by atoms with Crippen LogP contribution in [-0.2, 0) is 19.1 Å². The van der Waals surface area contributed by atoms with Crippen molar-refractivity contribution >= 4 is 17.6 Å². The number of fused-ring (bicyclic) bond motifs is 1. The summed E-state index contributed by atoms with van der Waals surface area (Å²) in [7, 11) is 1.39. The normalized spacial score (nSPS) is 25.5. The second kappa shape index (κ2) is 7.87. The minimum atomic E-state index is -0.885. The van der Waals surface area contributed by atoms with Crippen LogP contribution in [0.3, 0.4) is 0 Å². The van der Waals surface area contributed by atoms with Crippen LogP contribution in [-0.4, -0.2) is 37.2 Å². The lowest BCUT2D eigenvalue weighted by Gasteiger charge is -2.28. The molecule has 1 saturated heterocycles. The number of nitrogens with one attached hydrogen (secondary N) is 1. The van der Waals surface area contributed by atoms with E-state index in [1.165, 1.54) is 7.11 Å². The van der Waals surface area contributed by atoms with Crippen LogP contribution in [0.15, 0.2) is 54.6 Å². The first-order valence-corrected chi connectivity index (χ1v) is 10.1. The van der Waals surface area contributed by atoms with Crippen molar-refractivity contribution in [2.75, 3.05) is 18.7 Å². The summed E-state index contributed by atoms with van der Waals surface area (Å²) in [4.78, 5) is 25.6. The minimum Gasteiger partial charge on any atom is -0.468 e. The maximum Gasteiger partial charge on any atom is 0.330 e. The lowest BCUT2D eigenvalue weighted by atomic mass is 9.84. The van der Waals surface area contributed by atoms with E-state index in [2.05, 4.69) is 17.6 Å². The van der Waals surface area contributed by atoms with Crippen molar-refractivity contribution in [1.29, 1.82) is 0 Å². The Morgan fingerprint density at radius 1 is 1.10 bits per heavy atom. The smallest absolute Gasteiger partial charge is 0.330 e. The Morgan fingerprint density at radius 2 is 1.79 bits per heavy atom. The molecule has 152 valence electrons. The molecule has 3 atom stereocenters. The molecular formula is C23H26N2O4. The Balaban J connectivity index is 1.69. The van der Waals surface area contributed by atoms with Crippen LogP contribution in [0.4, 0.5) is 5.69 Å². The number of carbonyl (C=O) groups is 2. The number of rotatable bonds is 5. The van der Waals surface area contributed by atoms with Gasteiger partial charge in [0.2, 0.25) is 0 Å². The number of carbonyl (C=O) groups excluding carboxylic acids is 2. The first-order chi connectivity index (χ1) is 14.1. The molecule has 29 heavy (non-hydrogen) atoms. The molecule has 0 aromatic heterocycles.